The second kappa shape index (κ2) is 4.83. The van der Waals surface area contributed by atoms with Crippen LogP contribution < -0.4 is 10.5 Å². The van der Waals surface area contributed by atoms with Crippen molar-refractivity contribution >= 4 is 43.2 Å². The molecule has 0 unspecified atom stereocenters. The smallest absolute Gasteiger partial charge is 0.125 e. The van der Waals surface area contributed by atoms with Crippen LogP contribution in [0.5, 0.6) is 5.75 Å². The number of ether oxygens (including phenoxy) is 1. The van der Waals surface area contributed by atoms with E-state index in [0.29, 0.717) is 0 Å². The van der Waals surface area contributed by atoms with Crippen molar-refractivity contribution < 1.29 is 4.74 Å². The Morgan fingerprint density at radius 1 is 1.21 bits per heavy atom. The first-order valence-corrected chi connectivity index (χ1v) is 7.28. The fourth-order valence-electron chi connectivity index (χ4n) is 1.85. The maximum atomic E-state index is 5.80. The van der Waals surface area contributed by atoms with E-state index in [2.05, 4.69) is 20.9 Å². The van der Waals surface area contributed by atoms with Gasteiger partial charge in [0.2, 0.25) is 0 Å². The molecular formula is C14H11BrN2OS. The number of halogens is 1. The molecule has 3 aromatic rings. The molecule has 2 aromatic carbocycles. The first-order valence-electron chi connectivity index (χ1n) is 5.67. The lowest BCUT2D eigenvalue weighted by atomic mass is 10.2. The second-order valence-corrected chi connectivity index (χ2v) is 5.98. The van der Waals surface area contributed by atoms with Crippen LogP contribution in [0.1, 0.15) is 0 Å². The average molecular weight is 335 g/mol. The minimum absolute atomic E-state index is 0.757. The molecule has 0 aliphatic carbocycles. The molecule has 1 aromatic heterocycles. The zero-order valence-corrected chi connectivity index (χ0v) is 12.6. The predicted octanol–water partition coefficient (Wildman–Crippen LogP) is 4.32. The number of nitrogen functional groups attached to an aromatic ring is 1. The quantitative estimate of drug-likeness (QED) is 0.710. The molecule has 96 valence electrons. The molecule has 0 radical (unpaired) electrons. The number of hydrogen-bond donors (Lipinski definition) is 1. The van der Waals surface area contributed by atoms with Crippen molar-refractivity contribution in [3.63, 3.8) is 0 Å². The van der Waals surface area contributed by atoms with Gasteiger partial charge in [-0.15, -0.1) is 11.3 Å². The minimum Gasteiger partial charge on any atom is -0.497 e. The van der Waals surface area contributed by atoms with Crippen LogP contribution in [0.15, 0.2) is 40.9 Å². The molecule has 19 heavy (non-hydrogen) atoms. The normalized spacial score (nSPS) is 10.8. The molecule has 0 atom stereocenters. The van der Waals surface area contributed by atoms with Crippen molar-refractivity contribution in [2.24, 2.45) is 0 Å². The second-order valence-electron chi connectivity index (χ2n) is 4.09. The van der Waals surface area contributed by atoms with E-state index in [1.54, 1.807) is 18.4 Å². The number of rotatable bonds is 2. The highest BCUT2D eigenvalue weighted by Crippen LogP contribution is 2.36. The number of anilines is 1. The number of thiazole rings is 1. The third-order valence-corrected chi connectivity index (χ3v) is 4.56. The fraction of sp³-hybridized carbons (Fsp3) is 0.0714. The third-order valence-electron chi connectivity index (χ3n) is 2.82. The zero-order valence-electron chi connectivity index (χ0n) is 10.2. The van der Waals surface area contributed by atoms with Crippen LogP contribution in [0.3, 0.4) is 0 Å². The number of aromatic nitrogens is 1. The minimum atomic E-state index is 0.757. The van der Waals surface area contributed by atoms with Gasteiger partial charge in [0.05, 0.1) is 17.3 Å². The molecule has 0 saturated carbocycles. The molecule has 1 heterocycles. The Morgan fingerprint density at radius 2 is 2.05 bits per heavy atom. The lowest BCUT2D eigenvalue weighted by molar-refractivity contribution is 0.415. The summed E-state index contributed by atoms with van der Waals surface area (Å²) in [5.41, 5.74) is 8.54. The largest absolute Gasteiger partial charge is 0.497 e. The molecule has 0 aliphatic heterocycles. The van der Waals surface area contributed by atoms with Gasteiger partial charge in [-0.25, -0.2) is 4.98 Å². The van der Waals surface area contributed by atoms with Crippen molar-refractivity contribution in [2.75, 3.05) is 12.8 Å². The molecule has 0 amide bonds. The lowest BCUT2D eigenvalue weighted by Gasteiger charge is -2.04. The van der Waals surface area contributed by atoms with E-state index in [-0.39, 0.29) is 0 Å². The Bertz CT molecular complexity index is 754. The Morgan fingerprint density at radius 3 is 2.84 bits per heavy atom. The van der Waals surface area contributed by atoms with E-state index >= 15 is 0 Å². The summed E-state index contributed by atoms with van der Waals surface area (Å²) in [7, 11) is 1.66. The maximum Gasteiger partial charge on any atom is 0.125 e. The van der Waals surface area contributed by atoms with Gasteiger partial charge >= 0.3 is 0 Å². The number of methoxy groups -OCH3 is 1. The Balaban J connectivity index is 2.18. The van der Waals surface area contributed by atoms with Crippen LogP contribution in [-0.2, 0) is 0 Å². The monoisotopic (exact) mass is 334 g/mol. The van der Waals surface area contributed by atoms with E-state index in [1.807, 2.05) is 36.4 Å². The van der Waals surface area contributed by atoms with Gasteiger partial charge in [-0.1, -0.05) is 15.9 Å². The summed E-state index contributed by atoms with van der Waals surface area (Å²) in [5.74, 6) is 0.817. The predicted molar refractivity (Wildman–Crippen MR) is 83.7 cm³/mol. The third kappa shape index (κ3) is 2.31. The summed E-state index contributed by atoms with van der Waals surface area (Å²) in [6.07, 6.45) is 0. The SMILES string of the molecule is COc1ccc(Br)c(-c2nc3ccc(N)cc3s2)c1. The molecule has 2 N–H and O–H groups in total. The average Bonchev–Trinajstić information content (AvgIpc) is 2.82. The van der Waals surface area contributed by atoms with E-state index < -0.39 is 0 Å². The zero-order chi connectivity index (χ0) is 13.4. The molecule has 0 fully saturated rings. The van der Waals surface area contributed by atoms with Gasteiger partial charge in [0.25, 0.3) is 0 Å². The molecule has 3 rings (SSSR count). The highest BCUT2D eigenvalue weighted by atomic mass is 79.9. The summed E-state index contributed by atoms with van der Waals surface area (Å²) < 4.78 is 7.35. The van der Waals surface area contributed by atoms with Gasteiger partial charge in [0.15, 0.2) is 0 Å². The van der Waals surface area contributed by atoms with Gasteiger partial charge in [-0.2, -0.15) is 0 Å². The summed E-state index contributed by atoms with van der Waals surface area (Å²) in [4.78, 5) is 4.64. The number of fused-ring (bicyclic) bond motifs is 1. The molecule has 0 saturated heterocycles. The van der Waals surface area contributed by atoms with Gasteiger partial charge in [-0.3, -0.25) is 0 Å². The summed E-state index contributed by atoms with van der Waals surface area (Å²) in [5, 5.41) is 0.950. The number of nitrogens with zero attached hydrogens (tertiary/aromatic N) is 1. The van der Waals surface area contributed by atoms with Crippen molar-refractivity contribution in [1.82, 2.24) is 4.98 Å². The molecular weight excluding hydrogens is 324 g/mol. The summed E-state index contributed by atoms with van der Waals surface area (Å²) in [6.45, 7) is 0. The molecule has 0 aliphatic rings. The van der Waals surface area contributed by atoms with Crippen LogP contribution in [0.4, 0.5) is 5.69 Å². The first-order chi connectivity index (χ1) is 9.17. The maximum absolute atomic E-state index is 5.80. The molecule has 0 bridgehead atoms. The van der Waals surface area contributed by atoms with Gasteiger partial charge in [0, 0.05) is 15.7 Å². The van der Waals surface area contributed by atoms with E-state index in [4.69, 9.17) is 10.5 Å². The lowest BCUT2D eigenvalue weighted by Crippen LogP contribution is -1.85. The van der Waals surface area contributed by atoms with Gasteiger partial charge in [-0.05, 0) is 36.4 Å². The molecule has 3 nitrogen and oxygen atoms in total. The van der Waals surface area contributed by atoms with Crippen molar-refractivity contribution in [3.8, 4) is 16.3 Å². The van der Waals surface area contributed by atoms with Gasteiger partial charge < -0.3 is 10.5 Å². The van der Waals surface area contributed by atoms with Gasteiger partial charge in [0.1, 0.15) is 10.8 Å². The standard InChI is InChI=1S/C14H11BrN2OS/c1-18-9-3-4-11(15)10(7-9)14-17-12-5-2-8(16)6-13(12)19-14/h2-7H,16H2,1H3. The molecule has 5 heteroatoms. The number of benzene rings is 2. The Kier molecular flexibility index (Phi) is 3.16. The molecule has 0 spiro atoms. The highest BCUT2D eigenvalue weighted by molar-refractivity contribution is 9.10. The highest BCUT2D eigenvalue weighted by Gasteiger charge is 2.10. The topological polar surface area (TPSA) is 48.1 Å². The van der Waals surface area contributed by atoms with E-state index in [0.717, 1.165) is 36.7 Å². The van der Waals surface area contributed by atoms with Crippen LogP contribution >= 0.6 is 27.3 Å². The Hall–Kier alpha value is -1.59. The fourth-order valence-corrected chi connectivity index (χ4v) is 3.46. The van der Waals surface area contributed by atoms with Crippen LogP contribution in [0.25, 0.3) is 20.8 Å². The van der Waals surface area contributed by atoms with Crippen LogP contribution in [0, 0.1) is 0 Å². The van der Waals surface area contributed by atoms with Crippen LogP contribution in [0.2, 0.25) is 0 Å². The van der Waals surface area contributed by atoms with E-state index in [9.17, 15) is 0 Å². The van der Waals surface area contributed by atoms with Crippen molar-refractivity contribution in [2.45, 2.75) is 0 Å². The summed E-state index contributed by atoms with van der Waals surface area (Å²) >= 11 is 5.18. The Labute approximate surface area is 123 Å². The summed E-state index contributed by atoms with van der Waals surface area (Å²) in [6, 6.07) is 11.6. The number of nitrogens with two attached hydrogens (primary N) is 1. The van der Waals surface area contributed by atoms with E-state index in [1.165, 1.54) is 0 Å². The van der Waals surface area contributed by atoms with Crippen molar-refractivity contribution in [3.05, 3.63) is 40.9 Å². The first kappa shape index (κ1) is 12.4. The van der Waals surface area contributed by atoms with Crippen molar-refractivity contribution in [1.29, 1.82) is 0 Å². The van der Waals surface area contributed by atoms with Crippen LogP contribution in [-0.4, -0.2) is 12.1 Å². The number of hydrogen-bond acceptors (Lipinski definition) is 4.